The third-order valence-corrected chi connectivity index (χ3v) is 2.93. The lowest BCUT2D eigenvalue weighted by Crippen LogP contribution is -2.13. The summed E-state index contributed by atoms with van der Waals surface area (Å²) in [6.07, 6.45) is 1.83. The number of halogens is 1. The minimum absolute atomic E-state index is 0.0362. The number of rotatable bonds is 2. The maximum Gasteiger partial charge on any atom is 0.258 e. The highest BCUT2D eigenvalue weighted by Crippen LogP contribution is 2.18. The Hall–Kier alpha value is -2.62. The molecule has 1 amide bonds. The molecule has 0 saturated carbocycles. The first-order valence-corrected chi connectivity index (χ1v) is 5.87. The number of fused-ring (bicyclic) bond motifs is 1. The van der Waals surface area contributed by atoms with Gasteiger partial charge in [0.05, 0.1) is 5.56 Å². The molecule has 0 radical (unpaired) electrons. The zero-order valence-electron chi connectivity index (χ0n) is 9.98. The van der Waals surface area contributed by atoms with Crippen molar-refractivity contribution in [2.75, 3.05) is 5.32 Å². The summed E-state index contributed by atoms with van der Waals surface area (Å²) in [7, 11) is 0. The van der Waals surface area contributed by atoms with Crippen LogP contribution >= 0.6 is 0 Å². The highest BCUT2D eigenvalue weighted by atomic mass is 19.1. The standard InChI is InChI=1S/C15H11FN2O/c16-13-4-2-1-3-12(13)15(19)18-11-6-5-10-7-8-17-14(10)9-11/h1-9,17H,(H,18,19). The largest absolute Gasteiger partial charge is 0.361 e. The first-order valence-electron chi connectivity index (χ1n) is 5.87. The first kappa shape index (κ1) is 11.5. The third-order valence-electron chi connectivity index (χ3n) is 2.93. The predicted octanol–water partition coefficient (Wildman–Crippen LogP) is 3.56. The molecular weight excluding hydrogens is 243 g/mol. The summed E-state index contributed by atoms with van der Waals surface area (Å²) in [5.74, 6) is -0.982. The Balaban J connectivity index is 1.88. The molecule has 0 fully saturated rings. The Morgan fingerprint density at radius 2 is 1.95 bits per heavy atom. The molecule has 0 unspecified atom stereocenters. The molecule has 0 aliphatic heterocycles. The highest BCUT2D eigenvalue weighted by molar-refractivity contribution is 6.05. The Kier molecular flexibility index (Phi) is 2.76. The van der Waals surface area contributed by atoms with Crippen LogP contribution in [-0.2, 0) is 0 Å². The van der Waals surface area contributed by atoms with E-state index in [9.17, 15) is 9.18 Å². The topological polar surface area (TPSA) is 44.9 Å². The summed E-state index contributed by atoms with van der Waals surface area (Å²) < 4.78 is 13.5. The van der Waals surface area contributed by atoms with Crippen LogP contribution in [0.4, 0.5) is 10.1 Å². The van der Waals surface area contributed by atoms with E-state index >= 15 is 0 Å². The lowest BCUT2D eigenvalue weighted by Gasteiger charge is -2.06. The van der Waals surface area contributed by atoms with E-state index in [4.69, 9.17) is 0 Å². The van der Waals surface area contributed by atoms with Crippen molar-refractivity contribution in [3.8, 4) is 0 Å². The molecule has 3 rings (SSSR count). The van der Waals surface area contributed by atoms with E-state index < -0.39 is 11.7 Å². The number of carbonyl (C=O) groups excluding carboxylic acids is 1. The van der Waals surface area contributed by atoms with Gasteiger partial charge in [-0.1, -0.05) is 18.2 Å². The smallest absolute Gasteiger partial charge is 0.258 e. The van der Waals surface area contributed by atoms with Gasteiger partial charge in [-0.25, -0.2) is 4.39 Å². The fourth-order valence-electron chi connectivity index (χ4n) is 1.97. The van der Waals surface area contributed by atoms with Crippen LogP contribution in [-0.4, -0.2) is 10.9 Å². The summed E-state index contributed by atoms with van der Waals surface area (Å²) in [5, 5.41) is 3.74. The molecule has 94 valence electrons. The molecule has 2 N–H and O–H groups in total. The van der Waals surface area contributed by atoms with E-state index in [0.29, 0.717) is 5.69 Å². The molecule has 0 aliphatic rings. The summed E-state index contributed by atoms with van der Waals surface area (Å²) in [4.78, 5) is 15.0. The minimum Gasteiger partial charge on any atom is -0.361 e. The van der Waals surface area contributed by atoms with E-state index in [1.54, 1.807) is 18.2 Å². The minimum atomic E-state index is -0.527. The van der Waals surface area contributed by atoms with Crippen LogP contribution in [0.15, 0.2) is 54.7 Å². The molecular formula is C15H11FN2O. The number of anilines is 1. The number of nitrogens with one attached hydrogen (secondary N) is 2. The van der Waals surface area contributed by atoms with E-state index in [0.717, 1.165) is 10.9 Å². The van der Waals surface area contributed by atoms with Crippen LogP contribution < -0.4 is 5.32 Å². The monoisotopic (exact) mass is 254 g/mol. The quantitative estimate of drug-likeness (QED) is 0.721. The number of benzene rings is 2. The molecule has 1 aromatic heterocycles. The van der Waals surface area contributed by atoms with Crippen LogP contribution in [0, 0.1) is 5.82 Å². The lowest BCUT2D eigenvalue weighted by atomic mass is 10.2. The van der Waals surface area contributed by atoms with Gasteiger partial charge in [0.25, 0.3) is 5.91 Å². The van der Waals surface area contributed by atoms with Crippen molar-refractivity contribution < 1.29 is 9.18 Å². The van der Waals surface area contributed by atoms with Crippen molar-refractivity contribution in [2.24, 2.45) is 0 Å². The van der Waals surface area contributed by atoms with Gasteiger partial charge in [0, 0.05) is 17.4 Å². The molecule has 1 heterocycles. The van der Waals surface area contributed by atoms with Crippen molar-refractivity contribution in [1.29, 1.82) is 0 Å². The molecule has 3 aromatic rings. The number of carbonyl (C=O) groups is 1. The fourth-order valence-corrected chi connectivity index (χ4v) is 1.97. The fraction of sp³-hybridized carbons (Fsp3) is 0. The van der Waals surface area contributed by atoms with Crippen LogP contribution in [0.25, 0.3) is 10.9 Å². The Bertz CT molecular complexity index is 748. The number of H-pyrrole nitrogens is 1. The van der Waals surface area contributed by atoms with Crippen LogP contribution in [0.2, 0.25) is 0 Å². The zero-order valence-corrected chi connectivity index (χ0v) is 9.98. The number of aromatic amines is 1. The van der Waals surface area contributed by atoms with Gasteiger partial charge in [-0.3, -0.25) is 4.79 Å². The predicted molar refractivity (Wildman–Crippen MR) is 72.7 cm³/mol. The average Bonchev–Trinajstić information content (AvgIpc) is 2.86. The normalized spacial score (nSPS) is 10.6. The van der Waals surface area contributed by atoms with Gasteiger partial charge in [-0.2, -0.15) is 0 Å². The third kappa shape index (κ3) is 2.20. The molecule has 19 heavy (non-hydrogen) atoms. The second-order valence-corrected chi connectivity index (χ2v) is 4.21. The molecule has 0 spiro atoms. The summed E-state index contributed by atoms with van der Waals surface area (Å²) in [6, 6.07) is 13.3. The number of hydrogen-bond donors (Lipinski definition) is 2. The van der Waals surface area contributed by atoms with Crippen molar-refractivity contribution in [1.82, 2.24) is 4.98 Å². The summed E-state index contributed by atoms with van der Waals surface area (Å²) in [6.45, 7) is 0. The summed E-state index contributed by atoms with van der Waals surface area (Å²) >= 11 is 0. The van der Waals surface area contributed by atoms with Gasteiger partial charge in [0.1, 0.15) is 5.82 Å². The van der Waals surface area contributed by atoms with Gasteiger partial charge in [0.15, 0.2) is 0 Å². The maximum atomic E-state index is 13.5. The second-order valence-electron chi connectivity index (χ2n) is 4.21. The average molecular weight is 254 g/mol. The van der Waals surface area contributed by atoms with Gasteiger partial charge >= 0.3 is 0 Å². The van der Waals surface area contributed by atoms with E-state index in [1.165, 1.54) is 12.1 Å². The Morgan fingerprint density at radius 3 is 2.79 bits per heavy atom. The van der Waals surface area contributed by atoms with Crippen molar-refractivity contribution in [2.45, 2.75) is 0 Å². The molecule has 2 aromatic carbocycles. The lowest BCUT2D eigenvalue weighted by molar-refractivity contribution is 0.102. The van der Waals surface area contributed by atoms with Crippen molar-refractivity contribution in [3.05, 3.63) is 66.1 Å². The van der Waals surface area contributed by atoms with E-state index in [-0.39, 0.29) is 5.56 Å². The van der Waals surface area contributed by atoms with E-state index in [1.807, 2.05) is 24.4 Å². The van der Waals surface area contributed by atoms with E-state index in [2.05, 4.69) is 10.3 Å². The summed E-state index contributed by atoms with van der Waals surface area (Å²) in [5.41, 5.74) is 1.59. The highest BCUT2D eigenvalue weighted by Gasteiger charge is 2.11. The molecule has 0 bridgehead atoms. The molecule has 0 atom stereocenters. The first-order chi connectivity index (χ1) is 9.24. The SMILES string of the molecule is O=C(Nc1ccc2cc[nH]c2c1)c1ccccc1F. The van der Waals surface area contributed by atoms with Gasteiger partial charge in [-0.15, -0.1) is 0 Å². The number of hydrogen-bond acceptors (Lipinski definition) is 1. The van der Waals surface area contributed by atoms with Crippen molar-refractivity contribution >= 4 is 22.5 Å². The number of aromatic nitrogens is 1. The molecule has 0 saturated heterocycles. The molecule has 4 heteroatoms. The Morgan fingerprint density at radius 1 is 1.11 bits per heavy atom. The van der Waals surface area contributed by atoms with Gasteiger partial charge in [-0.05, 0) is 35.7 Å². The zero-order chi connectivity index (χ0) is 13.2. The Labute approximate surface area is 109 Å². The number of amides is 1. The molecule has 3 nitrogen and oxygen atoms in total. The maximum absolute atomic E-state index is 13.5. The van der Waals surface area contributed by atoms with Crippen LogP contribution in [0.5, 0.6) is 0 Å². The van der Waals surface area contributed by atoms with Gasteiger partial charge in [0.2, 0.25) is 0 Å². The van der Waals surface area contributed by atoms with Crippen LogP contribution in [0.3, 0.4) is 0 Å². The van der Waals surface area contributed by atoms with Gasteiger partial charge < -0.3 is 10.3 Å². The second kappa shape index (κ2) is 4.57. The van der Waals surface area contributed by atoms with Crippen LogP contribution in [0.1, 0.15) is 10.4 Å². The molecule has 0 aliphatic carbocycles. The van der Waals surface area contributed by atoms with Crippen molar-refractivity contribution in [3.63, 3.8) is 0 Å².